The van der Waals surface area contributed by atoms with E-state index in [1.807, 2.05) is 28.6 Å². The number of rotatable bonds is 4. The SMILES string of the molecule is O=C(Nc1ccc(Cl)c(-c2ccc3ncccc3n2)c1)c1ccc(N2CCCCS2=O)cc1Cl. The van der Waals surface area contributed by atoms with Gasteiger partial charge < -0.3 is 5.32 Å². The second kappa shape index (κ2) is 9.70. The topological polar surface area (TPSA) is 75.2 Å². The largest absolute Gasteiger partial charge is 0.322 e. The van der Waals surface area contributed by atoms with Crippen LogP contribution in [0.2, 0.25) is 10.0 Å². The van der Waals surface area contributed by atoms with Crippen molar-refractivity contribution in [2.45, 2.75) is 12.8 Å². The highest BCUT2D eigenvalue weighted by Gasteiger charge is 2.20. The van der Waals surface area contributed by atoms with Gasteiger partial charge in [0.1, 0.15) is 11.0 Å². The van der Waals surface area contributed by atoms with Gasteiger partial charge in [0.25, 0.3) is 5.91 Å². The van der Waals surface area contributed by atoms with E-state index in [2.05, 4.69) is 15.3 Å². The van der Waals surface area contributed by atoms with Crippen LogP contribution < -0.4 is 9.62 Å². The van der Waals surface area contributed by atoms with Crippen LogP contribution >= 0.6 is 23.2 Å². The van der Waals surface area contributed by atoms with E-state index in [1.165, 1.54) is 0 Å². The minimum Gasteiger partial charge on any atom is -0.322 e. The molecular weight excluding hydrogens is 491 g/mol. The third-order valence-corrected chi connectivity index (χ3v) is 7.78. The summed E-state index contributed by atoms with van der Waals surface area (Å²) in [5.41, 5.74) is 4.57. The predicted octanol–water partition coefficient (Wildman–Crippen LogP) is 6.12. The molecule has 2 aromatic carbocycles. The van der Waals surface area contributed by atoms with Crippen molar-refractivity contribution in [2.75, 3.05) is 21.9 Å². The molecule has 3 heterocycles. The van der Waals surface area contributed by atoms with E-state index in [1.54, 1.807) is 42.6 Å². The molecule has 0 radical (unpaired) electrons. The Kier molecular flexibility index (Phi) is 6.50. The Balaban J connectivity index is 1.39. The number of fused-ring (bicyclic) bond motifs is 1. The number of carbonyl (C=O) groups excluding carboxylic acids is 1. The zero-order valence-electron chi connectivity index (χ0n) is 18.0. The quantitative estimate of drug-likeness (QED) is 0.358. The maximum atomic E-state index is 13.0. The summed E-state index contributed by atoms with van der Waals surface area (Å²) in [6.45, 7) is 0.709. The van der Waals surface area contributed by atoms with Crippen LogP contribution in [0.3, 0.4) is 0 Å². The van der Waals surface area contributed by atoms with Crippen molar-refractivity contribution in [3.05, 3.63) is 82.5 Å². The van der Waals surface area contributed by atoms with Crippen molar-refractivity contribution in [1.82, 2.24) is 9.97 Å². The molecule has 1 aliphatic heterocycles. The molecule has 1 amide bonds. The molecule has 1 fully saturated rings. The number of hydrogen-bond donors (Lipinski definition) is 1. The number of benzene rings is 2. The van der Waals surface area contributed by atoms with Crippen molar-refractivity contribution in [3.63, 3.8) is 0 Å². The van der Waals surface area contributed by atoms with Crippen molar-refractivity contribution in [1.29, 1.82) is 0 Å². The molecule has 1 atom stereocenters. The Morgan fingerprint density at radius 1 is 0.971 bits per heavy atom. The average molecular weight is 511 g/mol. The average Bonchev–Trinajstić information content (AvgIpc) is 2.85. The molecule has 0 spiro atoms. The molecule has 2 aromatic heterocycles. The fourth-order valence-corrected chi connectivity index (χ4v) is 5.72. The normalized spacial score (nSPS) is 15.9. The number of halogens is 2. The number of nitrogens with one attached hydrogen (secondary N) is 1. The molecule has 1 N–H and O–H groups in total. The Labute approximate surface area is 209 Å². The van der Waals surface area contributed by atoms with Gasteiger partial charge in [0, 0.05) is 29.7 Å². The second-order valence-electron chi connectivity index (χ2n) is 7.89. The smallest absolute Gasteiger partial charge is 0.257 e. The van der Waals surface area contributed by atoms with Gasteiger partial charge in [-0.2, -0.15) is 0 Å². The lowest BCUT2D eigenvalue weighted by Crippen LogP contribution is -2.33. The first-order valence-corrected chi connectivity index (χ1v) is 12.8. The lowest BCUT2D eigenvalue weighted by Gasteiger charge is -2.27. The third kappa shape index (κ3) is 4.64. The number of amides is 1. The standard InChI is InChI=1S/C25H20Cl2N4O2S/c26-20-8-5-16(14-19(20)22-9-10-23-24(30-22)4-3-11-28-23)29-25(32)18-7-6-17(15-21(18)27)31-12-1-2-13-34(31)33/h3-11,14-15H,1-2,12-13H2,(H,29,32). The molecule has 0 bridgehead atoms. The van der Waals surface area contributed by atoms with Crippen molar-refractivity contribution in [2.24, 2.45) is 0 Å². The second-order valence-corrected chi connectivity index (χ2v) is 10.2. The molecule has 1 saturated heterocycles. The molecule has 1 unspecified atom stereocenters. The number of pyridine rings is 2. The monoisotopic (exact) mass is 510 g/mol. The van der Waals surface area contributed by atoms with Gasteiger partial charge in [0.05, 0.1) is 38.0 Å². The Hall–Kier alpha value is -3.00. The fourth-order valence-electron chi connectivity index (χ4n) is 3.89. The van der Waals surface area contributed by atoms with Gasteiger partial charge in [-0.15, -0.1) is 0 Å². The van der Waals surface area contributed by atoms with Gasteiger partial charge in [-0.05, 0) is 73.5 Å². The molecule has 172 valence electrons. The third-order valence-electron chi connectivity index (χ3n) is 5.62. The zero-order chi connectivity index (χ0) is 23.7. The van der Waals surface area contributed by atoms with Crippen molar-refractivity contribution >= 4 is 62.5 Å². The fraction of sp³-hybridized carbons (Fsp3) is 0.160. The molecule has 6 nitrogen and oxygen atoms in total. The van der Waals surface area contributed by atoms with Gasteiger partial charge in [0.15, 0.2) is 0 Å². The van der Waals surface area contributed by atoms with Crippen LogP contribution in [0.5, 0.6) is 0 Å². The highest BCUT2D eigenvalue weighted by molar-refractivity contribution is 7.86. The summed E-state index contributed by atoms with van der Waals surface area (Å²) in [4.78, 5) is 21.9. The van der Waals surface area contributed by atoms with E-state index in [0.717, 1.165) is 29.6 Å². The Morgan fingerprint density at radius 2 is 1.85 bits per heavy atom. The van der Waals surface area contributed by atoms with Crippen LogP contribution in [0.4, 0.5) is 11.4 Å². The van der Waals surface area contributed by atoms with E-state index in [0.29, 0.717) is 44.9 Å². The summed E-state index contributed by atoms with van der Waals surface area (Å²) in [5, 5.41) is 3.71. The highest BCUT2D eigenvalue weighted by atomic mass is 35.5. The summed E-state index contributed by atoms with van der Waals surface area (Å²) in [6, 6.07) is 17.8. The molecule has 5 rings (SSSR count). The van der Waals surface area contributed by atoms with E-state index < -0.39 is 11.0 Å². The van der Waals surface area contributed by atoms with Gasteiger partial charge in [0.2, 0.25) is 0 Å². The van der Waals surface area contributed by atoms with Crippen LogP contribution in [0.1, 0.15) is 23.2 Å². The minimum atomic E-state index is -1.07. The van der Waals surface area contributed by atoms with Crippen molar-refractivity contribution < 1.29 is 9.00 Å². The summed E-state index contributed by atoms with van der Waals surface area (Å²) < 4.78 is 14.1. The molecule has 4 aromatic rings. The maximum Gasteiger partial charge on any atom is 0.257 e. The maximum absolute atomic E-state index is 13.0. The molecule has 0 saturated carbocycles. The molecule has 34 heavy (non-hydrogen) atoms. The summed E-state index contributed by atoms with van der Waals surface area (Å²) >= 11 is 12.9. The predicted molar refractivity (Wildman–Crippen MR) is 139 cm³/mol. The first-order valence-electron chi connectivity index (χ1n) is 10.8. The van der Waals surface area contributed by atoms with E-state index in [4.69, 9.17) is 23.2 Å². The van der Waals surface area contributed by atoms with Gasteiger partial charge in [-0.1, -0.05) is 23.2 Å². The Morgan fingerprint density at radius 3 is 2.68 bits per heavy atom. The number of hydrogen-bond acceptors (Lipinski definition) is 4. The molecule has 1 aliphatic rings. The van der Waals surface area contributed by atoms with Gasteiger partial charge in [-0.25, -0.2) is 9.19 Å². The van der Waals surface area contributed by atoms with E-state index >= 15 is 0 Å². The summed E-state index contributed by atoms with van der Waals surface area (Å²) in [7, 11) is -1.07. The number of aromatic nitrogens is 2. The molecular formula is C25H20Cl2N4O2S. The van der Waals surface area contributed by atoms with E-state index in [-0.39, 0.29) is 5.91 Å². The Bertz CT molecular complexity index is 1430. The van der Waals surface area contributed by atoms with Crippen molar-refractivity contribution in [3.8, 4) is 11.3 Å². The van der Waals surface area contributed by atoms with Crippen LogP contribution in [0, 0.1) is 0 Å². The summed E-state index contributed by atoms with van der Waals surface area (Å²) in [5.74, 6) is 0.293. The summed E-state index contributed by atoms with van der Waals surface area (Å²) in [6.07, 6.45) is 3.65. The van der Waals surface area contributed by atoms with Crippen LogP contribution in [0.15, 0.2) is 66.9 Å². The van der Waals surface area contributed by atoms with Gasteiger partial charge >= 0.3 is 0 Å². The first-order chi connectivity index (χ1) is 16.5. The van der Waals surface area contributed by atoms with Gasteiger partial charge in [-0.3, -0.25) is 14.1 Å². The lowest BCUT2D eigenvalue weighted by atomic mass is 10.1. The highest BCUT2D eigenvalue weighted by Crippen LogP contribution is 2.32. The number of nitrogens with zero attached hydrogens (tertiary/aromatic N) is 3. The first kappa shape index (κ1) is 22.8. The zero-order valence-corrected chi connectivity index (χ0v) is 20.3. The molecule has 9 heteroatoms. The number of carbonyl (C=O) groups is 1. The van der Waals surface area contributed by atoms with E-state index in [9.17, 15) is 9.00 Å². The van der Waals surface area contributed by atoms with Crippen LogP contribution in [-0.2, 0) is 11.0 Å². The molecule has 0 aliphatic carbocycles. The van der Waals surface area contributed by atoms with Crippen LogP contribution in [-0.4, -0.2) is 32.4 Å². The number of anilines is 2. The van der Waals surface area contributed by atoms with Crippen LogP contribution in [0.25, 0.3) is 22.3 Å². The minimum absolute atomic E-state index is 0.301. The lowest BCUT2D eigenvalue weighted by molar-refractivity contribution is 0.102.